The summed E-state index contributed by atoms with van der Waals surface area (Å²) in [6, 6.07) is 8.90. The van der Waals surface area contributed by atoms with Gasteiger partial charge in [-0.3, -0.25) is 62.4 Å². The molecule has 11 atom stereocenters. The summed E-state index contributed by atoms with van der Waals surface area (Å²) in [6.07, 6.45) is -8.12. The van der Waals surface area contributed by atoms with Crippen molar-refractivity contribution in [1.82, 2.24) is 31.1 Å². The average Bonchev–Trinajstić information content (AvgIpc) is 1.15. The second kappa shape index (κ2) is 54.7. The molecule has 9 amide bonds. The van der Waals surface area contributed by atoms with Crippen molar-refractivity contribution in [2.45, 2.75) is 181 Å². The van der Waals surface area contributed by atoms with Crippen LogP contribution in [0.5, 0.6) is 11.5 Å². The number of hydrogen-bond donors (Lipinski definition) is 14. The van der Waals surface area contributed by atoms with E-state index in [-0.39, 0.29) is 175 Å². The minimum absolute atomic E-state index is 0.000126. The van der Waals surface area contributed by atoms with E-state index in [4.69, 9.17) is 64.7 Å². The molecule has 2 fully saturated rings. The van der Waals surface area contributed by atoms with E-state index in [2.05, 4.69) is 38.5 Å². The van der Waals surface area contributed by atoms with Gasteiger partial charge in [0.25, 0.3) is 17.7 Å². The molecule has 0 aromatic heterocycles. The number of carbonyl (C=O) groups excluding carboxylic acids is 12. The largest absolute Gasteiger partial charge is 0.460 e. The summed E-state index contributed by atoms with van der Waals surface area (Å²) >= 11 is 0. The molecule has 682 valence electrons. The van der Waals surface area contributed by atoms with Crippen LogP contribution in [-0.4, -0.2) is 314 Å². The van der Waals surface area contributed by atoms with Gasteiger partial charge in [-0.15, -0.1) is 12.6 Å². The third kappa shape index (κ3) is 39.2. The third-order valence-electron chi connectivity index (χ3n) is 17.9. The van der Waals surface area contributed by atoms with Crippen LogP contribution in [0.1, 0.15) is 117 Å². The Morgan fingerprint density at radius 1 is 0.475 bits per heavy atom. The highest BCUT2D eigenvalue weighted by molar-refractivity contribution is 7.59. The van der Waals surface area contributed by atoms with Crippen LogP contribution in [0.15, 0.2) is 73.0 Å². The number of benzene rings is 2. The van der Waals surface area contributed by atoms with Gasteiger partial charge in [0.1, 0.15) is 85.9 Å². The Kier molecular flexibility index (Phi) is 47.0. The number of aliphatic hydroxyl groups excluding tert-OH is 8. The molecule has 4 aliphatic heterocycles. The van der Waals surface area contributed by atoms with Gasteiger partial charge in [0.05, 0.1) is 94.9 Å². The first-order valence-corrected chi connectivity index (χ1v) is 40.4. The number of esters is 2. The van der Waals surface area contributed by atoms with Crippen molar-refractivity contribution in [3.05, 3.63) is 84.1 Å². The number of unbranched alkanes of at least 4 members (excludes halogenated alkanes) is 2. The number of nitrogens with zero attached hydrogens (tertiary/aromatic N) is 2. The van der Waals surface area contributed by atoms with E-state index >= 15 is 0 Å². The molecule has 14 N–H and O–H groups in total. The predicted octanol–water partition coefficient (Wildman–Crippen LogP) is -2.12. The maximum Gasteiger partial charge on any atom is 0.425 e. The first kappa shape index (κ1) is 105. The van der Waals surface area contributed by atoms with Gasteiger partial charge in [0.15, 0.2) is 0 Å². The second-order valence-electron chi connectivity index (χ2n) is 30.0. The van der Waals surface area contributed by atoms with Gasteiger partial charge in [-0.05, 0) is 95.9 Å². The topological polar surface area (TPSA) is 598 Å². The molecule has 0 bridgehead atoms. The predicted molar refractivity (Wildman–Crippen MR) is 425 cm³/mol. The highest BCUT2D eigenvalue weighted by Crippen LogP contribution is 2.34. The fourth-order valence-corrected chi connectivity index (χ4v) is 11.0. The number of carbonyl (C=O) groups is 12. The molecule has 4 heterocycles. The molecule has 122 heavy (non-hydrogen) atoms. The Bertz CT molecular complexity index is 3920. The molecule has 42 nitrogen and oxygen atoms in total. The smallest absolute Gasteiger partial charge is 0.425 e. The quantitative estimate of drug-likeness (QED) is 0.0191. The molecule has 4 aliphatic rings. The first-order valence-electron chi connectivity index (χ1n) is 39.4. The van der Waals surface area contributed by atoms with Gasteiger partial charge in [0.2, 0.25) is 48.0 Å². The Balaban J connectivity index is 0.000000534. The fraction of sp³-hybridized carbons (Fsp3) is 0.620. The standard InChI is InChI=1S/C48H73N5O19.C31H43N3O12.O3S/c1-31(26-34(55)12-17-65-20-22-67-24-25-68-23-21-66-18-14-50-38(56)11-16-53-32(2)6-9-41(53)59)45(63)51-15-19-69-30-40(58)49-13-10-39(57)52-35-27-33(29-70-47(64)48(3,4)5)7-8-36(35)71-46-44(62)43(61)42(60)37(28-54)72-46;1-31(2,3)30(43)44-17-18-8-9-20(45-29-28(42)27(41)26(40)21(16-35)46-29)19(15-18)33-23(37)12-13-32-22(36)7-5-4-6-14-34-24(38)10-11-25(34)39;1-4(2)3/h6-9,27,31,37,42-44,46,54,60-62H,2,10-26,28-30H2,1,3-5H3,(H,49,58)(H,50,56)(H,51,63)(H,52,57);8-11,15,21,26-29,35,40-42H,4-7,12-14,16-17H2,1-3H3,(H,32,36)(H,33,37);/t31-,37+,42-,43-,44+,46+;21-,26+,27+,28-,29-;/m01./s1. The van der Waals surface area contributed by atoms with E-state index < -0.39 is 132 Å². The molecule has 0 spiro atoms. The number of amides is 9. The highest BCUT2D eigenvalue weighted by Gasteiger charge is 2.46. The molecule has 0 unspecified atom stereocenters. The van der Waals surface area contributed by atoms with Gasteiger partial charge >= 0.3 is 22.5 Å². The molecule has 2 aromatic carbocycles. The summed E-state index contributed by atoms with van der Waals surface area (Å²) in [5, 5.41) is 96.4. The summed E-state index contributed by atoms with van der Waals surface area (Å²) in [5.41, 5.74) is 0.204. The second-order valence-corrected chi connectivity index (χ2v) is 30.4. The Morgan fingerprint density at radius 3 is 1.35 bits per heavy atom. The Morgan fingerprint density at radius 2 is 0.893 bits per heavy atom. The molecular weight excluding hydrogens is 1640 g/mol. The van der Waals surface area contributed by atoms with Crippen LogP contribution in [0.3, 0.4) is 0 Å². The molecule has 2 aromatic rings. The van der Waals surface area contributed by atoms with E-state index in [1.165, 1.54) is 53.5 Å². The summed E-state index contributed by atoms with van der Waals surface area (Å²) in [7, 11) is -3.11. The van der Waals surface area contributed by atoms with Crippen molar-refractivity contribution in [2.75, 3.05) is 129 Å². The van der Waals surface area contributed by atoms with Crippen LogP contribution in [0.25, 0.3) is 0 Å². The van der Waals surface area contributed by atoms with Gasteiger partial charge in [-0.2, -0.15) is 0 Å². The summed E-state index contributed by atoms with van der Waals surface area (Å²) in [6.45, 7) is 17.0. The number of Topliss-reactive ketones (excluding diaryl/α,β-unsaturated/α-hetero) is 1. The highest BCUT2D eigenvalue weighted by atomic mass is 32.2. The molecular formula is C79H116N8O34S. The molecule has 0 saturated carbocycles. The van der Waals surface area contributed by atoms with Crippen molar-refractivity contribution >= 4 is 92.9 Å². The van der Waals surface area contributed by atoms with Gasteiger partial charge in [-0.1, -0.05) is 32.1 Å². The van der Waals surface area contributed by atoms with Gasteiger partial charge in [-0.25, -0.2) is 0 Å². The van der Waals surface area contributed by atoms with Gasteiger partial charge < -0.3 is 130 Å². The van der Waals surface area contributed by atoms with Crippen LogP contribution in [-0.2, 0) is 124 Å². The number of nitrogens with one attached hydrogen (secondary N) is 6. The summed E-state index contributed by atoms with van der Waals surface area (Å²) < 4.78 is 85.6. The maximum atomic E-state index is 13.0. The molecule has 43 heteroatoms. The number of rotatable bonds is 50. The Labute approximate surface area is 706 Å². The average molecular weight is 1750 g/mol. The van der Waals surface area contributed by atoms with E-state index in [9.17, 15) is 98.4 Å². The van der Waals surface area contributed by atoms with Crippen LogP contribution in [0, 0.1) is 16.7 Å². The van der Waals surface area contributed by atoms with E-state index in [1.807, 2.05) is 0 Å². The van der Waals surface area contributed by atoms with Crippen molar-refractivity contribution in [3.8, 4) is 11.5 Å². The van der Waals surface area contributed by atoms with Crippen LogP contribution in [0.4, 0.5) is 11.4 Å². The van der Waals surface area contributed by atoms with Crippen LogP contribution in [0.2, 0.25) is 0 Å². The lowest BCUT2D eigenvalue weighted by molar-refractivity contribution is -0.277. The zero-order chi connectivity index (χ0) is 90.7. The Hall–Kier alpha value is -9.68. The van der Waals surface area contributed by atoms with E-state index in [1.54, 1.807) is 60.6 Å². The SMILES string of the molecule is C=C1C=CC(=O)N1CCC(=O)NCCOCCOCCOCCOCCC(=O)C[C@H](C)C(=O)NCCOCC(=O)NCCC(=O)Nc1cc(COC(=O)C(C)(C)C)ccc1O[C@@H]1O[C@H](CO)[C@H](O)[C@H](O)[C@H]1O.CC(C)(C)C(=O)OCc1ccc(O[C@@H]2O[C@H](CO)[C@H](O)[C@H](O)[C@H]2O)c(NC(=O)CCNC(=O)CCCCCN2C(=O)C=CC2=O)c1.O=S(=O)=O. The number of ketones is 1. The normalized spacial score (nSPS) is 20.2. The monoisotopic (exact) mass is 1750 g/mol. The summed E-state index contributed by atoms with van der Waals surface area (Å²) in [4.78, 5) is 149. The van der Waals surface area contributed by atoms with Crippen molar-refractivity contribution in [3.63, 3.8) is 0 Å². The maximum absolute atomic E-state index is 13.0. The lowest BCUT2D eigenvalue weighted by Crippen LogP contribution is -2.60. The molecule has 6 rings (SSSR count). The van der Waals surface area contributed by atoms with Crippen molar-refractivity contribution in [2.24, 2.45) is 16.7 Å². The number of allylic oxidation sites excluding steroid dienone is 1. The van der Waals surface area contributed by atoms with E-state index in [0.29, 0.717) is 82.3 Å². The lowest BCUT2D eigenvalue weighted by atomic mass is 9.97. The van der Waals surface area contributed by atoms with E-state index in [0.717, 1.165) is 4.90 Å². The minimum atomic E-state index is -3.11. The van der Waals surface area contributed by atoms with Gasteiger partial charge in [0, 0.05) is 108 Å². The number of aliphatic hydroxyl groups is 8. The third-order valence-corrected chi connectivity index (χ3v) is 17.9. The van der Waals surface area contributed by atoms with Crippen LogP contribution >= 0.6 is 0 Å². The lowest BCUT2D eigenvalue weighted by Gasteiger charge is -2.39. The number of ether oxygens (including phenoxy) is 11. The molecule has 0 radical (unpaired) electrons. The van der Waals surface area contributed by atoms with Crippen LogP contribution < -0.4 is 41.4 Å². The molecule has 0 aliphatic carbocycles. The first-order chi connectivity index (χ1) is 57.7. The minimum Gasteiger partial charge on any atom is -0.460 e. The molecule has 2 saturated heterocycles. The van der Waals surface area contributed by atoms with Crippen molar-refractivity contribution < 1.29 is 163 Å². The number of anilines is 2. The zero-order valence-electron chi connectivity index (χ0n) is 69.3. The number of imide groups is 1. The fourth-order valence-electron chi connectivity index (χ4n) is 11.0. The number of hydrogen-bond acceptors (Lipinski definition) is 34. The van der Waals surface area contributed by atoms with Crippen molar-refractivity contribution in [1.29, 1.82) is 0 Å². The zero-order valence-corrected chi connectivity index (χ0v) is 70.1. The summed E-state index contributed by atoms with van der Waals surface area (Å²) in [5.74, 6) is -4.95.